The molecule has 0 aliphatic carbocycles. The minimum Gasteiger partial charge on any atom is -0.328 e. The van der Waals surface area contributed by atoms with Crippen molar-refractivity contribution in [2.45, 2.75) is 12.6 Å². The van der Waals surface area contributed by atoms with Crippen molar-refractivity contribution in [3.8, 4) is 0 Å². The molecule has 3 aromatic rings. The van der Waals surface area contributed by atoms with Crippen LogP contribution in [0.25, 0.3) is 0 Å². The normalized spacial score (nSPS) is 17.8. The quantitative estimate of drug-likeness (QED) is 0.716. The third kappa shape index (κ3) is 3.90. The first-order valence-electron chi connectivity index (χ1n) is 9.19. The Hall–Kier alpha value is -2.99. The lowest BCUT2D eigenvalue weighted by molar-refractivity contribution is 0.0492. The number of nitrogens with zero attached hydrogens (tertiary/aromatic N) is 5. The zero-order chi connectivity index (χ0) is 18.6. The number of carbonyl (C=O) groups excluding carboxylic acids is 1. The van der Waals surface area contributed by atoms with Crippen molar-refractivity contribution < 1.29 is 4.79 Å². The number of aromatic nitrogens is 3. The van der Waals surface area contributed by atoms with Crippen LogP contribution in [-0.2, 0) is 6.54 Å². The highest BCUT2D eigenvalue weighted by Crippen LogP contribution is 2.26. The Morgan fingerprint density at radius 3 is 2.48 bits per heavy atom. The number of hydrogen-bond acceptors (Lipinski definition) is 4. The molecule has 0 bridgehead atoms. The highest BCUT2D eigenvalue weighted by Gasteiger charge is 2.32. The van der Waals surface area contributed by atoms with E-state index >= 15 is 0 Å². The Morgan fingerprint density at radius 1 is 1.04 bits per heavy atom. The average molecular weight is 361 g/mol. The van der Waals surface area contributed by atoms with E-state index in [0.29, 0.717) is 18.8 Å². The molecule has 138 valence electrons. The van der Waals surface area contributed by atoms with Crippen LogP contribution in [0.5, 0.6) is 0 Å². The fraction of sp³-hybridized carbons (Fsp3) is 0.286. The number of likely N-dealkylation sites (N-methyl/N-ethyl adjacent to an activating group) is 1. The predicted molar refractivity (Wildman–Crippen MR) is 103 cm³/mol. The van der Waals surface area contributed by atoms with Crippen LogP contribution < -0.4 is 0 Å². The zero-order valence-electron chi connectivity index (χ0n) is 15.4. The van der Waals surface area contributed by atoms with Gasteiger partial charge in [0, 0.05) is 19.6 Å². The van der Waals surface area contributed by atoms with E-state index in [1.54, 1.807) is 10.9 Å². The zero-order valence-corrected chi connectivity index (χ0v) is 15.4. The van der Waals surface area contributed by atoms with Gasteiger partial charge in [-0.15, -0.1) is 5.10 Å². The van der Waals surface area contributed by atoms with E-state index in [-0.39, 0.29) is 11.9 Å². The van der Waals surface area contributed by atoms with Crippen LogP contribution in [0.3, 0.4) is 0 Å². The van der Waals surface area contributed by atoms with E-state index in [1.165, 1.54) is 0 Å². The first-order chi connectivity index (χ1) is 13.2. The van der Waals surface area contributed by atoms with Crippen molar-refractivity contribution in [2.75, 3.05) is 26.7 Å². The largest absolute Gasteiger partial charge is 0.328 e. The van der Waals surface area contributed by atoms with Gasteiger partial charge in [-0.25, -0.2) is 4.68 Å². The molecule has 1 amide bonds. The molecule has 1 saturated heterocycles. The second kappa shape index (κ2) is 7.72. The Labute approximate surface area is 159 Å². The lowest BCUT2D eigenvalue weighted by atomic mass is 10.0. The average Bonchev–Trinajstić information content (AvgIpc) is 3.17. The number of hydrogen-bond donors (Lipinski definition) is 0. The molecule has 2 aromatic carbocycles. The van der Waals surface area contributed by atoms with E-state index in [9.17, 15) is 4.79 Å². The van der Waals surface area contributed by atoms with Crippen molar-refractivity contribution in [3.05, 3.63) is 83.7 Å². The fourth-order valence-electron chi connectivity index (χ4n) is 3.51. The summed E-state index contributed by atoms with van der Waals surface area (Å²) >= 11 is 0. The maximum Gasteiger partial charge on any atom is 0.276 e. The first kappa shape index (κ1) is 17.4. The Kier molecular flexibility index (Phi) is 4.98. The third-order valence-electron chi connectivity index (χ3n) is 4.97. The van der Waals surface area contributed by atoms with E-state index < -0.39 is 0 Å². The molecular weight excluding hydrogens is 338 g/mol. The summed E-state index contributed by atoms with van der Waals surface area (Å²) < 4.78 is 1.72. The second-order valence-electron chi connectivity index (χ2n) is 6.97. The molecule has 6 heteroatoms. The lowest BCUT2D eigenvalue weighted by Gasteiger charge is -2.40. The van der Waals surface area contributed by atoms with E-state index in [2.05, 4.69) is 34.4 Å². The third-order valence-corrected chi connectivity index (χ3v) is 4.97. The van der Waals surface area contributed by atoms with Crippen molar-refractivity contribution in [2.24, 2.45) is 0 Å². The molecule has 1 aliphatic rings. The van der Waals surface area contributed by atoms with Gasteiger partial charge in [-0.1, -0.05) is 65.9 Å². The minimum atomic E-state index is -0.0590. The number of amides is 1. The SMILES string of the molecule is CN1CCN(C(=O)c2cn(Cc3ccccc3)nn2)[C@H](c2ccccc2)C1. The summed E-state index contributed by atoms with van der Waals surface area (Å²) in [6, 6.07) is 20.3. The van der Waals surface area contributed by atoms with Gasteiger partial charge in [-0.05, 0) is 18.2 Å². The van der Waals surface area contributed by atoms with E-state index in [1.807, 2.05) is 53.4 Å². The van der Waals surface area contributed by atoms with Gasteiger partial charge in [0.15, 0.2) is 5.69 Å². The molecule has 0 radical (unpaired) electrons. The van der Waals surface area contributed by atoms with Gasteiger partial charge in [0.25, 0.3) is 5.91 Å². The molecular formula is C21H23N5O. The summed E-state index contributed by atoms with van der Waals surface area (Å²) in [5.41, 5.74) is 2.67. The Morgan fingerprint density at radius 2 is 1.74 bits per heavy atom. The molecule has 1 aromatic heterocycles. The molecule has 1 aliphatic heterocycles. The molecule has 27 heavy (non-hydrogen) atoms. The highest BCUT2D eigenvalue weighted by molar-refractivity contribution is 5.92. The Bertz CT molecular complexity index is 893. The number of rotatable bonds is 4. The van der Waals surface area contributed by atoms with Crippen molar-refractivity contribution in [1.29, 1.82) is 0 Å². The molecule has 0 spiro atoms. The van der Waals surface area contributed by atoms with Crippen LogP contribution in [0.4, 0.5) is 0 Å². The summed E-state index contributed by atoms with van der Waals surface area (Å²) in [6.45, 7) is 2.95. The van der Waals surface area contributed by atoms with Crippen LogP contribution in [0.1, 0.15) is 27.7 Å². The summed E-state index contributed by atoms with van der Waals surface area (Å²) in [4.78, 5) is 17.3. The molecule has 6 nitrogen and oxygen atoms in total. The van der Waals surface area contributed by atoms with Crippen LogP contribution in [0.2, 0.25) is 0 Å². The van der Waals surface area contributed by atoms with E-state index in [4.69, 9.17) is 0 Å². The standard InChI is InChI=1S/C21H23N5O/c1-24-12-13-26(20(16-24)18-10-6-3-7-11-18)21(27)19-15-25(23-22-19)14-17-8-4-2-5-9-17/h2-11,15,20H,12-14,16H2,1H3/t20-/m0/s1. The van der Waals surface area contributed by atoms with E-state index in [0.717, 1.165) is 24.2 Å². The van der Waals surface area contributed by atoms with Crippen LogP contribution in [-0.4, -0.2) is 57.4 Å². The molecule has 1 fully saturated rings. The van der Waals surface area contributed by atoms with Gasteiger partial charge in [0.1, 0.15) is 0 Å². The monoisotopic (exact) mass is 361 g/mol. The summed E-state index contributed by atoms with van der Waals surface area (Å²) in [6.07, 6.45) is 1.75. The van der Waals surface area contributed by atoms with Gasteiger partial charge in [0.2, 0.25) is 0 Å². The van der Waals surface area contributed by atoms with Crippen LogP contribution >= 0.6 is 0 Å². The maximum atomic E-state index is 13.1. The van der Waals surface area contributed by atoms with Gasteiger partial charge in [0.05, 0.1) is 18.8 Å². The number of piperazine rings is 1. The summed E-state index contributed by atoms with van der Waals surface area (Å²) in [5.74, 6) is -0.0590. The van der Waals surface area contributed by atoms with Crippen LogP contribution in [0.15, 0.2) is 66.9 Å². The van der Waals surface area contributed by atoms with Gasteiger partial charge >= 0.3 is 0 Å². The molecule has 0 N–H and O–H groups in total. The number of benzene rings is 2. The molecule has 2 heterocycles. The fourth-order valence-corrected chi connectivity index (χ4v) is 3.51. The molecule has 0 unspecified atom stereocenters. The predicted octanol–water partition coefficient (Wildman–Crippen LogP) is 2.46. The summed E-state index contributed by atoms with van der Waals surface area (Å²) in [7, 11) is 2.09. The van der Waals surface area contributed by atoms with Crippen LogP contribution in [0, 0.1) is 0 Å². The molecule has 1 atom stereocenters. The smallest absolute Gasteiger partial charge is 0.276 e. The number of carbonyl (C=O) groups is 1. The van der Waals surface area contributed by atoms with Crippen molar-refractivity contribution in [3.63, 3.8) is 0 Å². The van der Waals surface area contributed by atoms with Crippen molar-refractivity contribution >= 4 is 5.91 Å². The van der Waals surface area contributed by atoms with Gasteiger partial charge in [-0.3, -0.25) is 4.79 Å². The maximum absolute atomic E-state index is 13.1. The highest BCUT2D eigenvalue weighted by atomic mass is 16.2. The minimum absolute atomic E-state index is 0.0247. The second-order valence-corrected chi connectivity index (χ2v) is 6.97. The lowest BCUT2D eigenvalue weighted by Crippen LogP contribution is -2.49. The first-order valence-corrected chi connectivity index (χ1v) is 9.19. The van der Waals surface area contributed by atoms with Crippen molar-refractivity contribution in [1.82, 2.24) is 24.8 Å². The van der Waals surface area contributed by atoms with Gasteiger partial charge in [-0.2, -0.15) is 0 Å². The molecule has 4 rings (SSSR count). The topological polar surface area (TPSA) is 54.3 Å². The summed E-state index contributed by atoms with van der Waals surface area (Å²) in [5, 5.41) is 8.29. The molecule has 0 saturated carbocycles. The van der Waals surface area contributed by atoms with Gasteiger partial charge < -0.3 is 9.80 Å². The Balaban J connectivity index is 1.54.